The highest BCUT2D eigenvalue weighted by atomic mass is 127. The topological polar surface area (TPSA) is 59.7 Å². The lowest BCUT2D eigenvalue weighted by molar-refractivity contribution is 0.587. The minimum absolute atomic E-state index is 0.0322. The van der Waals surface area contributed by atoms with Crippen LogP contribution in [0.5, 0.6) is 0 Å². The molecule has 0 spiro atoms. The molecule has 4 rings (SSSR count). The molecule has 0 aliphatic carbocycles. The highest BCUT2D eigenvalue weighted by Crippen LogP contribution is 2.43. The van der Waals surface area contributed by atoms with Crippen LogP contribution < -0.4 is 4.90 Å². The average Bonchev–Trinajstić information content (AvgIpc) is 2.96. The van der Waals surface area contributed by atoms with Crippen LogP contribution >= 0.6 is 34.2 Å². The van der Waals surface area contributed by atoms with E-state index < -0.39 is 0 Å². The van der Waals surface area contributed by atoms with Crippen molar-refractivity contribution in [1.82, 2.24) is 24.7 Å². The average molecular weight is 453 g/mol. The SMILES string of the molecule is CCC1c2nnc(C)n2-c2cnc(Cl)nc2N1c1ccc(I)cc1. The molecule has 1 aliphatic heterocycles. The molecule has 3 heterocycles. The minimum Gasteiger partial charge on any atom is -0.314 e. The van der Waals surface area contributed by atoms with Crippen molar-refractivity contribution in [2.45, 2.75) is 26.3 Å². The van der Waals surface area contributed by atoms with E-state index in [0.717, 1.165) is 35.3 Å². The van der Waals surface area contributed by atoms with Gasteiger partial charge in [-0.3, -0.25) is 4.57 Å². The number of rotatable bonds is 2. The van der Waals surface area contributed by atoms with Gasteiger partial charge >= 0.3 is 0 Å². The Kier molecular flexibility index (Phi) is 3.92. The van der Waals surface area contributed by atoms with Crippen LogP contribution in [0.4, 0.5) is 11.5 Å². The molecule has 3 aromatic rings. The smallest absolute Gasteiger partial charge is 0.224 e. The molecule has 6 nitrogen and oxygen atoms in total. The molecule has 122 valence electrons. The third kappa shape index (κ3) is 2.37. The van der Waals surface area contributed by atoms with Gasteiger partial charge in [-0.15, -0.1) is 10.2 Å². The van der Waals surface area contributed by atoms with Gasteiger partial charge in [-0.2, -0.15) is 4.98 Å². The van der Waals surface area contributed by atoms with E-state index >= 15 is 0 Å². The maximum Gasteiger partial charge on any atom is 0.224 e. The quantitative estimate of drug-likeness (QED) is 0.430. The standard InChI is InChI=1S/C16H14ClIN6/c1-3-12-15-22-21-9(2)23(15)13-8-19-16(17)20-14(13)24(12)11-6-4-10(18)5-7-11/h4-8,12H,3H2,1-2H3. The second-order valence-corrected chi connectivity index (χ2v) is 7.14. The Bertz CT molecular complexity index is 907. The van der Waals surface area contributed by atoms with E-state index in [9.17, 15) is 0 Å². The molecule has 0 saturated carbocycles. The first-order chi connectivity index (χ1) is 11.6. The highest BCUT2D eigenvalue weighted by Gasteiger charge is 2.35. The van der Waals surface area contributed by atoms with Gasteiger partial charge in [0.2, 0.25) is 5.28 Å². The molecule has 1 aliphatic rings. The number of nitrogens with zero attached hydrogens (tertiary/aromatic N) is 6. The summed E-state index contributed by atoms with van der Waals surface area (Å²) in [6.07, 6.45) is 2.60. The number of benzene rings is 1. The maximum atomic E-state index is 6.10. The van der Waals surface area contributed by atoms with Crippen LogP contribution in [-0.2, 0) is 0 Å². The molecule has 0 N–H and O–H groups in total. The first kappa shape index (κ1) is 15.8. The Labute approximate surface area is 158 Å². The van der Waals surface area contributed by atoms with E-state index in [-0.39, 0.29) is 11.3 Å². The summed E-state index contributed by atoms with van der Waals surface area (Å²) in [6.45, 7) is 4.06. The Morgan fingerprint density at radius 1 is 1.21 bits per heavy atom. The van der Waals surface area contributed by atoms with Crippen molar-refractivity contribution in [3.8, 4) is 5.69 Å². The van der Waals surface area contributed by atoms with Gasteiger partial charge in [0.15, 0.2) is 11.6 Å². The van der Waals surface area contributed by atoms with E-state index in [1.807, 2.05) is 11.5 Å². The zero-order chi connectivity index (χ0) is 16.8. The Hall–Kier alpha value is -1.74. The Morgan fingerprint density at radius 2 is 1.96 bits per heavy atom. The summed E-state index contributed by atoms with van der Waals surface area (Å²) < 4.78 is 3.20. The van der Waals surface area contributed by atoms with Crippen molar-refractivity contribution in [3.63, 3.8) is 0 Å². The fourth-order valence-electron chi connectivity index (χ4n) is 3.11. The number of halogens is 2. The van der Waals surface area contributed by atoms with Crippen molar-refractivity contribution >= 4 is 45.7 Å². The molecule has 8 heteroatoms. The van der Waals surface area contributed by atoms with Gasteiger partial charge < -0.3 is 4.90 Å². The van der Waals surface area contributed by atoms with E-state index in [0.29, 0.717) is 0 Å². The van der Waals surface area contributed by atoms with Gasteiger partial charge in [0.1, 0.15) is 11.5 Å². The fourth-order valence-corrected chi connectivity index (χ4v) is 3.59. The largest absolute Gasteiger partial charge is 0.314 e. The summed E-state index contributed by atoms with van der Waals surface area (Å²) in [5.74, 6) is 2.49. The van der Waals surface area contributed by atoms with Crippen molar-refractivity contribution in [1.29, 1.82) is 0 Å². The van der Waals surface area contributed by atoms with Gasteiger partial charge in [-0.25, -0.2) is 4.98 Å². The summed E-state index contributed by atoms with van der Waals surface area (Å²) in [7, 11) is 0. The summed E-state index contributed by atoms with van der Waals surface area (Å²) >= 11 is 8.39. The second kappa shape index (κ2) is 5.96. The molecule has 24 heavy (non-hydrogen) atoms. The van der Waals surface area contributed by atoms with Gasteiger partial charge in [0.25, 0.3) is 0 Å². The molecule has 0 amide bonds. The monoisotopic (exact) mass is 452 g/mol. The summed E-state index contributed by atoms with van der Waals surface area (Å²) in [5.41, 5.74) is 1.89. The van der Waals surface area contributed by atoms with Gasteiger partial charge in [-0.05, 0) is 71.8 Å². The Balaban J connectivity index is 1.99. The predicted molar refractivity (Wildman–Crippen MR) is 101 cm³/mol. The fraction of sp³-hybridized carbons (Fsp3) is 0.250. The van der Waals surface area contributed by atoms with Crippen molar-refractivity contribution in [2.24, 2.45) is 0 Å². The number of fused-ring (bicyclic) bond motifs is 3. The van der Waals surface area contributed by atoms with Crippen molar-refractivity contribution in [3.05, 3.63) is 51.0 Å². The van der Waals surface area contributed by atoms with Crippen LogP contribution in [0.2, 0.25) is 5.28 Å². The summed E-state index contributed by atoms with van der Waals surface area (Å²) in [4.78, 5) is 10.8. The molecule has 1 atom stereocenters. The zero-order valence-electron chi connectivity index (χ0n) is 13.1. The summed E-state index contributed by atoms with van der Waals surface area (Å²) in [5, 5.41) is 8.89. The van der Waals surface area contributed by atoms with E-state index in [1.54, 1.807) is 6.20 Å². The molecular weight excluding hydrogens is 439 g/mol. The van der Waals surface area contributed by atoms with Gasteiger partial charge in [-0.1, -0.05) is 6.92 Å². The van der Waals surface area contributed by atoms with E-state index in [1.165, 1.54) is 3.57 Å². The predicted octanol–water partition coefficient (Wildman–Crippen LogP) is 4.23. The number of hydrogen-bond donors (Lipinski definition) is 0. The molecule has 0 radical (unpaired) electrons. The lowest BCUT2D eigenvalue weighted by Crippen LogP contribution is -2.32. The van der Waals surface area contributed by atoms with Crippen LogP contribution in [0.3, 0.4) is 0 Å². The molecular formula is C16H14ClIN6. The van der Waals surface area contributed by atoms with Crippen molar-refractivity contribution < 1.29 is 0 Å². The van der Waals surface area contributed by atoms with Crippen LogP contribution in [0.25, 0.3) is 5.69 Å². The maximum absolute atomic E-state index is 6.10. The van der Waals surface area contributed by atoms with Crippen LogP contribution in [0.15, 0.2) is 30.5 Å². The van der Waals surface area contributed by atoms with Crippen LogP contribution in [-0.4, -0.2) is 24.7 Å². The third-order valence-electron chi connectivity index (χ3n) is 4.14. The molecule has 0 fully saturated rings. The number of aryl methyl sites for hydroxylation is 1. The summed E-state index contributed by atoms with van der Waals surface area (Å²) in [6, 6.07) is 8.36. The van der Waals surface area contributed by atoms with Crippen LogP contribution in [0, 0.1) is 10.5 Å². The van der Waals surface area contributed by atoms with Crippen LogP contribution in [0.1, 0.15) is 31.0 Å². The molecule has 1 unspecified atom stereocenters. The lowest BCUT2D eigenvalue weighted by atomic mass is 10.1. The van der Waals surface area contributed by atoms with Gasteiger partial charge in [0.05, 0.1) is 12.2 Å². The number of anilines is 2. The van der Waals surface area contributed by atoms with E-state index in [2.05, 4.69) is 78.8 Å². The minimum atomic E-state index is 0.0322. The van der Waals surface area contributed by atoms with E-state index in [4.69, 9.17) is 11.6 Å². The molecule has 1 aromatic carbocycles. The number of hydrogen-bond acceptors (Lipinski definition) is 5. The molecule has 0 saturated heterocycles. The molecule has 0 bridgehead atoms. The second-order valence-electron chi connectivity index (χ2n) is 5.56. The lowest BCUT2D eigenvalue weighted by Gasteiger charge is -2.37. The first-order valence-electron chi connectivity index (χ1n) is 7.59. The molecule has 2 aromatic heterocycles. The first-order valence-corrected chi connectivity index (χ1v) is 9.05. The Morgan fingerprint density at radius 3 is 2.67 bits per heavy atom. The normalized spacial score (nSPS) is 16.0. The highest BCUT2D eigenvalue weighted by molar-refractivity contribution is 14.1. The number of aromatic nitrogens is 5. The van der Waals surface area contributed by atoms with Gasteiger partial charge in [0, 0.05) is 9.26 Å². The van der Waals surface area contributed by atoms with Crippen molar-refractivity contribution in [2.75, 3.05) is 4.90 Å². The third-order valence-corrected chi connectivity index (χ3v) is 5.04. The zero-order valence-corrected chi connectivity index (χ0v) is 16.0.